The SMILES string of the molecule is O=C(CC1(C(=O)O)CC1)Nc1cnc2ccc(Br)cc2c1. The van der Waals surface area contributed by atoms with Crippen LogP contribution in [-0.2, 0) is 9.59 Å². The average molecular weight is 349 g/mol. The van der Waals surface area contributed by atoms with E-state index in [2.05, 4.69) is 26.2 Å². The summed E-state index contributed by atoms with van der Waals surface area (Å²) >= 11 is 3.39. The number of carboxylic acid groups (broad SMARTS) is 1. The molecule has 0 atom stereocenters. The molecule has 0 spiro atoms. The molecule has 1 heterocycles. The normalized spacial score (nSPS) is 15.7. The van der Waals surface area contributed by atoms with Crippen molar-refractivity contribution in [3.05, 3.63) is 34.9 Å². The Bertz CT molecular complexity index is 741. The highest BCUT2D eigenvalue weighted by Gasteiger charge is 2.51. The number of carbonyl (C=O) groups is 2. The van der Waals surface area contributed by atoms with Crippen molar-refractivity contribution in [2.45, 2.75) is 19.3 Å². The number of anilines is 1. The van der Waals surface area contributed by atoms with Crippen LogP contribution < -0.4 is 5.32 Å². The molecular formula is C15H13BrN2O3. The number of carboxylic acids is 1. The van der Waals surface area contributed by atoms with Crippen LogP contribution >= 0.6 is 15.9 Å². The van der Waals surface area contributed by atoms with Crippen LogP contribution in [-0.4, -0.2) is 22.0 Å². The second-order valence-electron chi connectivity index (χ2n) is 5.37. The number of fused-ring (bicyclic) bond motifs is 1. The van der Waals surface area contributed by atoms with Crippen LogP contribution in [0.1, 0.15) is 19.3 Å². The van der Waals surface area contributed by atoms with Gasteiger partial charge >= 0.3 is 5.97 Å². The molecule has 1 aliphatic rings. The fourth-order valence-electron chi connectivity index (χ4n) is 2.30. The number of hydrogen-bond donors (Lipinski definition) is 2. The number of nitrogens with zero attached hydrogens (tertiary/aromatic N) is 1. The Morgan fingerprint density at radius 2 is 2.10 bits per heavy atom. The first-order chi connectivity index (χ1) is 9.98. The Balaban J connectivity index is 1.75. The predicted octanol–water partition coefficient (Wildman–Crippen LogP) is 3.19. The van der Waals surface area contributed by atoms with Crippen LogP contribution in [0.15, 0.2) is 34.9 Å². The molecule has 1 aromatic heterocycles. The summed E-state index contributed by atoms with van der Waals surface area (Å²) in [6, 6.07) is 7.52. The topological polar surface area (TPSA) is 79.3 Å². The number of aliphatic carboxylic acids is 1. The fraction of sp³-hybridized carbons (Fsp3) is 0.267. The summed E-state index contributed by atoms with van der Waals surface area (Å²) in [6.45, 7) is 0. The van der Waals surface area contributed by atoms with Gasteiger partial charge in [0, 0.05) is 16.3 Å². The zero-order valence-electron chi connectivity index (χ0n) is 11.1. The van der Waals surface area contributed by atoms with Crippen molar-refractivity contribution in [1.29, 1.82) is 0 Å². The lowest BCUT2D eigenvalue weighted by atomic mass is 10.0. The number of aromatic nitrogens is 1. The first-order valence-electron chi connectivity index (χ1n) is 6.57. The molecule has 1 fully saturated rings. The molecule has 6 heteroatoms. The van der Waals surface area contributed by atoms with E-state index in [1.807, 2.05) is 24.3 Å². The molecule has 0 unspecified atom stereocenters. The summed E-state index contributed by atoms with van der Waals surface area (Å²) in [7, 11) is 0. The number of benzene rings is 1. The molecule has 1 saturated carbocycles. The number of rotatable bonds is 4. The van der Waals surface area contributed by atoms with Gasteiger partial charge < -0.3 is 10.4 Å². The molecule has 0 bridgehead atoms. The van der Waals surface area contributed by atoms with Crippen molar-refractivity contribution in [2.75, 3.05) is 5.32 Å². The van der Waals surface area contributed by atoms with Crippen LogP contribution in [0.3, 0.4) is 0 Å². The third-order valence-electron chi connectivity index (χ3n) is 3.73. The molecule has 5 nitrogen and oxygen atoms in total. The second kappa shape index (κ2) is 5.11. The predicted molar refractivity (Wildman–Crippen MR) is 82.0 cm³/mol. The summed E-state index contributed by atoms with van der Waals surface area (Å²) in [5.74, 6) is -1.18. The molecule has 2 N–H and O–H groups in total. The van der Waals surface area contributed by atoms with Crippen molar-refractivity contribution >= 4 is 44.4 Å². The number of amides is 1. The van der Waals surface area contributed by atoms with Gasteiger partial charge in [-0.25, -0.2) is 0 Å². The number of nitrogens with one attached hydrogen (secondary N) is 1. The van der Waals surface area contributed by atoms with Crippen molar-refractivity contribution in [1.82, 2.24) is 4.98 Å². The zero-order valence-corrected chi connectivity index (χ0v) is 12.7. The summed E-state index contributed by atoms with van der Waals surface area (Å²) in [5.41, 5.74) is 0.560. The maximum absolute atomic E-state index is 12.0. The van der Waals surface area contributed by atoms with Crippen LogP contribution in [0.5, 0.6) is 0 Å². The van der Waals surface area contributed by atoms with E-state index in [0.29, 0.717) is 18.5 Å². The van der Waals surface area contributed by atoms with Gasteiger partial charge in [-0.15, -0.1) is 0 Å². The summed E-state index contributed by atoms with van der Waals surface area (Å²) in [6.07, 6.45) is 2.73. The first kappa shape index (κ1) is 14.0. The van der Waals surface area contributed by atoms with Crippen LogP contribution in [0.2, 0.25) is 0 Å². The summed E-state index contributed by atoms with van der Waals surface area (Å²) in [5, 5.41) is 12.7. The van der Waals surface area contributed by atoms with Gasteiger partial charge in [-0.2, -0.15) is 0 Å². The van der Waals surface area contributed by atoms with Gasteiger partial charge in [-0.1, -0.05) is 15.9 Å². The van der Waals surface area contributed by atoms with E-state index in [1.165, 1.54) is 0 Å². The zero-order chi connectivity index (χ0) is 15.0. The Morgan fingerprint density at radius 3 is 2.76 bits per heavy atom. The van der Waals surface area contributed by atoms with E-state index in [4.69, 9.17) is 5.11 Å². The Morgan fingerprint density at radius 1 is 1.33 bits per heavy atom. The largest absolute Gasteiger partial charge is 0.481 e. The molecule has 21 heavy (non-hydrogen) atoms. The molecule has 3 rings (SSSR count). The number of carbonyl (C=O) groups excluding carboxylic acids is 1. The van der Waals surface area contributed by atoms with Gasteiger partial charge in [0.2, 0.25) is 5.91 Å². The second-order valence-corrected chi connectivity index (χ2v) is 6.29. The quantitative estimate of drug-likeness (QED) is 0.889. The Hall–Kier alpha value is -1.95. The minimum absolute atomic E-state index is 0.0128. The summed E-state index contributed by atoms with van der Waals surface area (Å²) in [4.78, 5) is 27.3. The molecule has 1 aromatic carbocycles. The molecule has 1 amide bonds. The third-order valence-corrected chi connectivity index (χ3v) is 4.23. The minimum Gasteiger partial charge on any atom is -0.481 e. The first-order valence-corrected chi connectivity index (χ1v) is 7.36. The van der Waals surface area contributed by atoms with E-state index in [1.54, 1.807) is 6.20 Å². The monoisotopic (exact) mass is 348 g/mol. The highest BCUT2D eigenvalue weighted by molar-refractivity contribution is 9.10. The smallest absolute Gasteiger partial charge is 0.310 e. The van der Waals surface area contributed by atoms with E-state index in [9.17, 15) is 9.59 Å². The molecule has 0 radical (unpaired) electrons. The van der Waals surface area contributed by atoms with Gasteiger partial charge in [0.05, 0.1) is 22.8 Å². The lowest BCUT2D eigenvalue weighted by molar-refractivity contribution is -0.145. The van der Waals surface area contributed by atoms with Gasteiger partial charge in [-0.05, 0) is 37.1 Å². The maximum Gasteiger partial charge on any atom is 0.310 e. The molecule has 108 valence electrons. The highest BCUT2D eigenvalue weighted by Crippen LogP contribution is 2.49. The van der Waals surface area contributed by atoms with Gasteiger partial charge in [0.25, 0.3) is 0 Å². The van der Waals surface area contributed by atoms with Crippen molar-refractivity contribution in [3.63, 3.8) is 0 Å². The van der Waals surface area contributed by atoms with Gasteiger partial charge in [0.15, 0.2) is 0 Å². The molecule has 0 saturated heterocycles. The van der Waals surface area contributed by atoms with E-state index >= 15 is 0 Å². The molecular weight excluding hydrogens is 336 g/mol. The molecule has 2 aromatic rings. The number of halogens is 1. The van der Waals surface area contributed by atoms with Crippen LogP contribution in [0, 0.1) is 5.41 Å². The van der Waals surface area contributed by atoms with Crippen molar-refractivity contribution in [3.8, 4) is 0 Å². The van der Waals surface area contributed by atoms with E-state index < -0.39 is 11.4 Å². The van der Waals surface area contributed by atoms with Crippen LogP contribution in [0.4, 0.5) is 5.69 Å². The molecule has 0 aliphatic heterocycles. The summed E-state index contributed by atoms with van der Waals surface area (Å²) < 4.78 is 0.933. The standard InChI is InChI=1S/C15H13BrN2O3/c16-10-1-2-12-9(5-10)6-11(8-17-12)18-13(19)7-15(3-4-15)14(20)21/h1-2,5-6,8H,3-4,7H2,(H,18,19)(H,20,21). The fourth-order valence-corrected chi connectivity index (χ4v) is 2.68. The lowest BCUT2D eigenvalue weighted by Gasteiger charge is -2.10. The Kier molecular flexibility index (Phi) is 3.41. The third kappa shape index (κ3) is 2.90. The average Bonchev–Trinajstić information content (AvgIpc) is 3.19. The van der Waals surface area contributed by atoms with Crippen LogP contribution in [0.25, 0.3) is 10.9 Å². The van der Waals surface area contributed by atoms with Crippen molar-refractivity contribution < 1.29 is 14.7 Å². The van der Waals surface area contributed by atoms with Crippen molar-refractivity contribution in [2.24, 2.45) is 5.41 Å². The van der Waals surface area contributed by atoms with E-state index in [-0.39, 0.29) is 12.3 Å². The molecule has 1 aliphatic carbocycles. The lowest BCUT2D eigenvalue weighted by Crippen LogP contribution is -2.23. The number of hydrogen-bond acceptors (Lipinski definition) is 3. The number of pyridine rings is 1. The van der Waals surface area contributed by atoms with Gasteiger partial charge in [-0.3, -0.25) is 14.6 Å². The van der Waals surface area contributed by atoms with Gasteiger partial charge in [0.1, 0.15) is 0 Å². The minimum atomic E-state index is -0.891. The highest BCUT2D eigenvalue weighted by atomic mass is 79.9. The Labute approximate surface area is 129 Å². The maximum atomic E-state index is 12.0. The van der Waals surface area contributed by atoms with E-state index in [0.717, 1.165) is 15.4 Å².